The summed E-state index contributed by atoms with van der Waals surface area (Å²) in [6, 6.07) is 0. The van der Waals surface area contributed by atoms with Crippen molar-refractivity contribution in [1.29, 1.82) is 0 Å². The highest BCUT2D eigenvalue weighted by atomic mass is 16.7. The fraction of sp³-hybridized carbons (Fsp3) is 0.400. The molecule has 0 aromatic carbocycles. The van der Waals surface area contributed by atoms with E-state index in [1.54, 1.807) is 13.3 Å². The third-order valence-corrected chi connectivity index (χ3v) is 1.04. The molecule has 50 valence electrons. The van der Waals surface area contributed by atoms with Crippen molar-refractivity contribution in [2.24, 2.45) is 5.10 Å². The summed E-state index contributed by atoms with van der Waals surface area (Å²) < 4.78 is 0. The van der Waals surface area contributed by atoms with E-state index in [1.165, 1.54) is 5.17 Å². The second kappa shape index (κ2) is 2.50. The first-order valence-electron chi connectivity index (χ1n) is 2.64. The van der Waals surface area contributed by atoms with E-state index in [0.29, 0.717) is 0 Å². The zero-order chi connectivity index (χ0) is 6.69. The standard InChI is InChI=1S/C5H9N3O/c1-5-3-4-6-7-8(5)9-2/h3-4,7H,1-2H3. The molecule has 9 heavy (non-hydrogen) atoms. The molecule has 0 fully saturated rings. The lowest BCUT2D eigenvalue weighted by Gasteiger charge is -2.21. The summed E-state index contributed by atoms with van der Waals surface area (Å²) in [5, 5.41) is 5.20. The summed E-state index contributed by atoms with van der Waals surface area (Å²) >= 11 is 0. The third-order valence-electron chi connectivity index (χ3n) is 1.04. The molecular weight excluding hydrogens is 118 g/mol. The average Bonchev–Trinajstić information content (AvgIpc) is 1.89. The Morgan fingerprint density at radius 2 is 2.56 bits per heavy atom. The van der Waals surface area contributed by atoms with Crippen LogP contribution in [0.2, 0.25) is 0 Å². The zero-order valence-electron chi connectivity index (χ0n) is 5.46. The van der Waals surface area contributed by atoms with Crippen molar-refractivity contribution in [2.75, 3.05) is 7.11 Å². The number of hydrazine groups is 1. The zero-order valence-corrected chi connectivity index (χ0v) is 5.46. The van der Waals surface area contributed by atoms with E-state index in [-0.39, 0.29) is 0 Å². The van der Waals surface area contributed by atoms with Gasteiger partial charge in [0.25, 0.3) is 0 Å². The third kappa shape index (κ3) is 1.20. The molecule has 0 atom stereocenters. The van der Waals surface area contributed by atoms with E-state index in [1.807, 2.05) is 13.0 Å². The first kappa shape index (κ1) is 6.10. The quantitative estimate of drug-likeness (QED) is 0.549. The number of hydrogen-bond acceptors (Lipinski definition) is 4. The Kier molecular flexibility index (Phi) is 1.69. The van der Waals surface area contributed by atoms with Crippen LogP contribution in [0.4, 0.5) is 0 Å². The summed E-state index contributed by atoms with van der Waals surface area (Å²) in [7, 11) is 1.57. The Labute approximate surface area is 53.7 Å². The highest BCUT2D eigenvalue weighted by Crippen LogP contribution is 2.00. The van der Waals surface area contributed by atoms with Crippen LogP contribution in [-0.4, -0.2) is 18.5 Å². The maximum absolute atomic E-state index is 4.84. The molecule has 0 aliphatic carbocycles. The van der Waals surface area contributed by atoms with Gasteiger partial charge in [0.05, 0.1) is 19.0 Å². The van der Waals surface area contributed by atoms with Crippen molar-refractivity contribution in [3.63, 3.8) is 0 Å². The van der Waals surface area contributed by atoms with Crippen LogP contribution in [0.15, 0.2) is 16.9 Å². The van der Waals surface area contributed by atoms with Gasteiger partial charge in [-0.25, -0.2) is 0 Å². The molecule has 0 aromatic rings. The summed E-state index contributed by atoms with van der Waals surface area (Å²) in [5.74, 6) is 0. The van der Waals surface area contributed by atoms with E-state index in [4.69, 9.17) is 4.84 Å². The van der Waals surface area contributed by atoms with Crippen LogP contribution < -0.4 is 5.53 Å². The van der Waals surface area contributed by atoms with Gasteiger partial charge >= 0.3 is 0 Å². The van der Waals surface area contributed by atoms with Gasteiger partial charge in [-0.3, -0.25) is 4.84 Å². The molecular formula is C5H9N3O. The number of nitrogens with zero attached hydrogens (tertiary/aromatic N) is 2. The second-order valence-corrected chi connectivity index (χ2v) is 1.66. The molecule has 1 aliphatic rings. The van der Waals surface area contributed by atoms with Crippen molar-refractivity contribution in [1.82, 2.24) is 10.7 Å². The van der Waals surface area contributed by atoms with Crippen LogP contribution in [0.3, 0.4) is 0 Å². The molecule has 0 radical (unpaired) electrons. The molecule has 1 heterocycles. The summed E-state index contributed by atoms with van der Waals surface area (Å²) in [6.45, 7) is 1.92. The molecule has 0 saturated heterocycles. The number of hydrazone groups is 1. The maximum Gasteiger partial charge on any atom is 0.0661 e. The van der Waals surface area contributed by atoms with Crippen molar-refractivity contribution in [3.8, 4) is 0 Å². The second-order valence-electron chi connectivity index (χ2n) is 1.66. The van der Waals surface area contributed by atoms with Gasteiger partial charge in [-0.2, -0.15) is 15.8 Å². The molecule has 0 unspecified atom stereocenters. The Morgan fingerprint density at radius 3 is 3.00 bits per heavy atom. The SMILES string of the molecule is CON1NN=CC=C1C. The topological polar surface area (TPSA) is 36.9 Å². The normalized spacial score (nSPS) is 17.1. The van der Waals surface area contributed by atoms with Gasteiger partial charge in [0.2, 0.25) is 0 Å². The predicted octanol–water partition coefficient (Wildman–Crippen LogP) is 0.258. The lowest BCUT2D eigenvalue weighted by Crippen LogP contribution is -2.33. The molecule has 0 aromatic heterocycles. The molecule has 4 heteroatoms. The molecule has 0 bridgehead atoms. The smallest absolute Gasteiger partial charge is 0.0661 e. The lowest BCUT2D eigenvalue weighted by atomic mass is 10.4. The number of hydroxylamine groups is 1. The first-order chi connectivity index (χ1) is 4.34. The Hall–Kier alpha value is -1.03. The van der Waals surface area contributed by atoms with Gasteiger partial charge in [0.15, 0.2) is 0 Å². The van der Waals surface area contributed by atoms with Gasteiger partial charge < -0.3 is 0 Å². The van der Waals surface area contributed by atoms with Crippen molar-refractivity contribution in [2.45, 2.75) is 6.92 Å². The fourth-order valence-corrected chi connectivity index (χ4v) is 0.562. The van der Waals surface area contributed by atoms with Crippen LogP contribution in [0.1, 0.15) is 6.92 Å². The molecule has 1 N–H and O–H groups in total. The van der Waals surface area contributed by atoms with Gasteiger partial charge in [-0.05, 0) is 13.0 Å². The molecule has 1 rings (SSSR count). The van der Waals surface area contributed by atoms with E-state index >= 15 is 0 Å². The molecule has 0 saturated carbocycles. The van der Waals surface area contributed by atoms with Gasteiger partial charge in [0, 0.05) is 0 Å². The summed E-state index contributed by atoms with van der Waals surface area (Å²) in [5.41, 5.74) is 3.61. The van der Waals surface area contributed by atoms with Crippen LogP contribution in [-0.2, 0) is 4.84 Å². The highest BCUT2D eigenvalue weighted by molar-refractivity contribution is 5.72. The molecule has 4 nitrogen and oxygen atoms in total. The van der Waals surface area contributed by atoms with E-state index in [0.717, 1.165) is 5.70 Å². The predicted molar refractivity (Wildman–Crippen MR) is 34.2 cm³/mol. The van der Waals surface area contributed by atoms with Crippen molar-refractivity contribution in [3.05, 3.63) is 11.8 Å². The average molecular weight is 127 g/mol. The maximum atomic E-state index is 4.84. The fourth-order valence-electron chi connectivity index (χ4n) is 0.562. The largest absolute Gasteiger partial charge is 0.256 e. The summed E-state index contributed by atoms with van der Waals surface area (Å²) in [6.07, 6.45) is 3.52. The van der Waals surface area contributed by atoms with Gasteiger partial charge in [-0.15, -0.1) is 0 Å². The number of hydrogen-bond donors (Lipinski definition) is 1. The first-order valence-corrected chi connectivity index (χ1v) is 2.64. The van der Waals surface area contributed by atoms with Crippen LogP contribution >= 0.6 is 0 Å². The highest BCUT2D eigenvalue weighted by Gasteiger charge is 2.02. The van der Waals surface area contributed by atoms with E-state index in [9.17, 15) is 0 Å². The minimum Gasteiger partial charge on any atom is -0.256 e. The van der Waals surface area contributed by atoms with E-state index < -0.39 is 0 Å². The van der Waals surface area contributed by atoms with E-state index in [2.05, 4.69) is 10.6 Å². The number of nitrogens with one attached hydrogen (secondary N) is 1. The Morgan fingerprint density at radius 1 is 1.78 bits per heavy atom. The Balaban J connectivity index is 2.59. The van der Waals surface area contributed by atoms with Crippen molar-refractivity contribution >= 4 is 6.21 Å². The van der Waals surface area contributed by atoms with Crippen molar-refractivity contribution < 1.29 is 4.84 Å². The van der Waals surface area contributed by atoms with Crippen LogP contribution in [0.25, 0.3) is 0 Å². The minimum absolute atomic E-state index is 0.979. The number of rotatable bonds is 1. The summed E-state index contributed by atoms with van der Waals surface area (Å²) in [4.78, 5) is 4.84. The minimum atomic E-state index is 0.979. The Bertz CT molecular complexity index is 152. The molecule has 0 spiro atoms. The monoisotopic (exact) mass is 127 g/mol. The van der Waals surface area contributed by atoms with Crippen LogP contribution in [0.5, 0.6) is 0 Å². The molecule has 1 aliphatic heterocycles. The van der Waals surface area contributed by atoms with Gasteiger partial charge in [0.1, 0.15) is 0 Å². The van der Waals surface area contributed by atoms with Gasteiger partial charge in [-0.1, -0.05) is 0 Å². The number of allylic oxidation sites excluding steroid dienone is 2. The molecule has 0 amide bonds. The lowest BCUT2D eigenvalue weighted by molar-refractivity contribution is -0.141. The van der Waals surface area contributed by atoms with Crippen LogP contribution in [0, 0.1) is 0 Å².